The molecule has 2 aliphatic rings. The molecule has 2 saturated heterocycles. The molecule has 1 amide bonds. The van der Waals surface area contributed by atoms with Crippen LogP contribution >= 0.6 is 11.3 Å². The van der Waals surface area contributed by atoms with Gasteiger partial charge in [0, 0.05) is 39.3 Å². The van der Waals surface area contributed by atoms with E-state index in [1.165, 1.54) is 10.3 Å². The first-order valence-electron chi connectivity index (χ1n) is 8.82. The molecule has 2 aliphatic heterocycles. The molecule has 2 aromatic rings. The number of anilines is 1. The van der Waals surface area contributed by atoms with E-state index >= 15 is 0 Å². The van der Waals surface area contributed by atoms with Crippen molar-refractivity contribution in [3.63, 3.8) is 0 Å². The Bertz CT molecular complexity index is 730. The van der Waals surface area contributed by atoms with Crippen molar-refractivity contribution in [1.29, 1.82) is 0 Å². The normalized spacial score (nSPS) is 19.4. The Labute approximate surface area is 146 Å². The minimum atomic E-state index is 0.302. The molecule has 3 heterocycles. The molecule has 5 nitrogen and oxygen atoms in total. The van der Waals surface area contributed by atoms with E-state index in [9.17, 15) is 4.79 Å². The van der Waals surface area contributed by atoms with E-state index in [2.05, 4.69) is 34.9 Å². The molecule has 1 aromatic carbocycles. The van der Waals surface area contributed by atoms with Crippen molar-refractivity contribution >= 4 is 32.6 Å². The maximum atomic E-state index is 12.3. The fourth-order valence-electron chi connectivity index (χ4n) is 3.56. The van der Waals surface area contributed by atoms with Gasteiger partial charge in [0.1, 0.15) is 0 Å². The number of para-hydroxylation sites is 1. The quantitative estimate of drug-likeness (QED) is 0.857. The summed E-state index contributed by atoms with van der Waals surface area (Å²) in [5.74, 6) is 0.302. The van der Waals surface area contributed by atoms with Gasteiger partial charge in [-0.15, -0.1) is 0 Å². The average molecular weight is 344 g/mol. The van der Waals surface area contributed by atoms with Crippen molar-refractivity contribution in [1.82, 2.24) is 14.8 Å². The molecule has 4 rings (SSSR count). The highest BCUT2D eigenvalue weighted by Gasteiger charge is 2.24. The van der Waals surface area contributed by atoms with Crippen LogP contribution in [0.5, 0.6) is 0 Å². The van der Waals surface area contributed by atoms with Gasteiger partial charge < -0.3 is 9.80 Å². The van der Waals surface area contributed by atoms with Crippen LogP contribution in [0.1, 0.15) is 18.4 Å². The van der Waals surface area contributed by atoms with Gasteiger partial charge in [0.2, 0.25) is 5.91 Å². The van der Waals surface area contributed by atoms with Crippen molar-refractivity contribution in [2.45, 2.75) is 19.8 Å². The first-order chi connectivity index (χ1) is 11.7. The van der Waals surface area contributed by atoms with Crippen molar-refractivity contribution < 1.29 is 4.79 Å². The SMILES string of the molecule is Cc1cccc2sc(N3CCN(CC(=O)N4CCCC4)CC3)nc12. The Hall–Kier alpha value is -1.66. The zero-order chi connectivity index (χ0) is 16.5. The predicted octanol–water partition coefficient (Wildman–Crippen LogP) is 2.35. The van der Waals surface area contributed by atoms with Crippen LogP contribution in [-0.4, -0.2) is 66.5 Å². The first kappa shape index (κ1) is 15.8. The van der Waals surface area contributed by atoms with Crippen LogP contribution < -0.4 is 4.90 Å². The lowest BCUT2D eigenvalue weighted by Crippen LogP contribution is -2.49. The summed E-state index contributed by atoms with van der Waals surface area (Å²) in [5, 5.41) is 1.12. The highest BCUT2D eigenvalue weighted by atomic mass is 32.1. The van der Waals surface area contributed by atoms with E-state index in [0.717, 1.165) is 62.8 Å². The maximum Gasteiger partial charge on any atom is 0.236 e. The third kappa shape index (κ3) is 3.13. The third-order valence-electron chi connectivity index (χ3n) is 5.07. The van der Waals surface area contributed by atoms with Gasteiger partial charge in [-0.25, -0.2) is 4.98 Å². The molecule has 128 valence electrons. The summed E-state index contributed by atoms with van der Waals surface area (Å²) in [7, 11) is 0. The molecule has 0 N–H and O–H groups in total. The first-order valence-corrected chi connectivity index (χ1v) is 9.63. The molecule has 24 heavy (non-hydrogen) atoms. The Kier molecular flexibility index (Phi) is 4.41. The second-order valence-electron chi connectivity index (χ2n) is 6.77. The number of hydrogen-bond donors (Lipinski definition) is 0. The van der Waals surface area contributed by atoms with Gasteiger partial charge in [-0.1, -0.05) is 23.5 Å². The second-order valence-corrected chi connectivity index (χ2v) is 7.78. The Morgan fingerprint density at radius 1 is 1.12 bits per heavy atom. The summed E-state index contributed by atoms with van der Waals surface area (Å²) in [6.45, 7) is 8.37. The second kappa shape index (κ2) is 6.69. The smallest absolute Gasteiger partial charge is 0.236 e. The summed E-state index contributed by atoms with van der Waals surface area (Å²) in [6, 6.07) is 6.36. The zero-order valence-electron chi connectivity index (χ0n) is 14.2. The molecule has 0 spiro atoms. The van der Waals surface area contributed by atoms with Crippen LogP contribution in [-0.2, 0) is 4.79 Å². The van der Waals surface area contributed by atoms with Gasteiger partial charge in [-0.2, -0.15) is 0 Å². The Balaban J connectivity index is 1.36. The van der Waals surface area contributed by atoms with Crippen LogP contribution in [0.2, 0.25) is 0 Å². The number of likely N-dealkylation sites (tertiary alicyclic amines) is 1. The van der Waals surface area contributed by atoms with E-state index in [-0.39, 0.29) is 0 Å². The standard InChI is InChI=1S/C18H24N4OS/c1-14-5-4-6-15-17(14)19-18(24-15)22-11-9-20(10-12-22)13-16(23)21-7-2-3-8-21/h4-6H,2-3,7-13H2,1H3. The number of fused-ring (bicyclic) bond motifs is 1. The van der Waals surface area contributed by atoms with E-state index in [1.54, 1.807) is 11.3 Å². The molecular weight excluding hydrogens is 320 g/mol. The summed E-state index contributed by atoms with van der Waals surface area (Å²) in [6.07, 6.45) is 2.33. The molecule has 0 atom stereocenters. The molecule has 1 aromatic heterocycles. The molecule has 0 bridgehead atoms. The fourth-order valence-corrected chi connectivity index (χ4v) is 4.66. The van der Waals surface area contributed by atoms with Gasteiger partial charge in [0.15, 0.2) is 5.13 Å². The predicted molar refractivity (Wildman–Crippen MR) is 98.8 cm³/mol. The highest BCUT2D eigenvalue weighted by Crippen LogP contribution is 2.30. The van der Waals surface area contributed by atoms with E-state index in [0.29, 0.717) is 12.5 Å². The van der Waals surface area contributed by atoms with E-state index in [1.807, 2.05) is 4.90 Å². The maximum absolute atomic E-state index is 12.3. The lowest BCUT2D eigenvalue weighted by atomic mass is 10.2. The topological polar surface area (TPSA) is 39.7 Å². The summed E-state index contributed by atoms with van der Waals surface area (Å²) in [5.41, 5.74) is 2.37. The van der Waals surface area contributed by atoms with Crippen LogP contribution in [0, 0.1) is 6.92 Å². The van der Waals surface area contributed by atoms with E-state index in [4.69, 9.17) is 4.98 Å². The third-order valence-corrected chi connectivity index (χ3v) is 6.15. The minimum absolute atomic E-state index is 0.302. The summed E-state index contributed by atoms with van der Waals surface area (Å²) in [4.78, 5) is 23.8. The minimum Gasteiger partial charge on any atom is -0.345 e. The van der Waals surface area contributed by atoms with Crippen molar-refractivity contribution in [3.8, 4) is 0 Å². The summed E-state index contributed by atoms with van der Waals surface area (Å²) >= 11 is 1.77. The van der Waals surface area contributed by atoms with Crippen LogP contribution in [0.3, 0.4) is 0 Å². The van der Waals surface area contributed by atoms with Gasteiger partial charge >= 0.3 is 0 Å². The number of rotatable bonds is 3. The molecule has 0 aliphatic carbocycles. The largest absolute Gasteiger partial charge is 0.345 e. The number of piperazine rings is 1. The fraction of sp³-hybridized carbons (Fsp3) is 0.556. The lowest BCUT2D eigenvalue weighted by Gasteiger charge is -2.34. The number of hydrogen-bond acceptors (Lipinski definition) is 5. The van der Waals surface area contributed by atoms with E-state index < -0.39 is 0 Å². The monoisotopic (exact) mass is 344 g/mol. The molecule has 6 heteroatoms. The zero-order valence-corrected chi connectivity index (χ0v) is 15.0. The highest BCUT2D eigenvalue weighted by molar-refractivity contribution is 7.22. The molecule has 0 unspecified atom stereocenters. The number of nitrogens with zero attached hydrogens (tertiary/aromatic N) is 4. The van der Waals surface area contributed by atoms with Crippen molar-refractivity contribution in [2.75, 3.05) is 50.7 Å². The number of benzene rings is 1. The molecule has 2 fully saturated rings. The van der Waals surface area contributed by atoms with Crippen LogP contribution in [0.25, 0.3) is 10.2 Å². The van der Waals surface area contributed by atoms with Gasteiger partial charge in [-0.3, -0.25) is 9.69 Å². The van der Waals surface area contributed by atoms with Crippen LogP contribution in [0.4, 0.5) is 5.13 Å². The molecular formula is C18H24N4OS. The number of aryl methyl sites for hydroxylation is 1. The number of carbonyl (C=O) groups is 1. The Morgan fingerprint density at radius 3 is 2.58 bits per heavy atom. The number of carbonyl (C=O) groups excluding carboxylic acids is 1. The Morgan fingerprint density at radius 2 is 1.88 bits per heavy atom. The average Bonchev–Trinajstić information content (AvgIpc) is 3.26. The van der Waals surface area contributed by atoms with Gasteiger partial charge in [0.05, 0.1) is 16.8 Å². The van der Waals surface area contributed by atoms with Crippen molar-refractivity contribution in [2.24, 2.45) is 0 Å². The van der Waals surface area contributed by atoms with Crippen LogP contribution in [0.15, 0.2) is 18.2 Å². The summed E-state index contributed by atoms with van der Waals surface area (Å²) < 4.78 is 1.26. The number of aromatic nitrogens is 1. The van der Waals surface area contributed by atoms with Gasteiger partial charge in [-0.05, 0) is 31.4 Å². The lowest BCUT2D eigenvalue weighted by molar-refractivity contribution is -0.131. The number of amides is 1. The number of thiazole rings is 1. The van der Waals surface area contributed by atoms with Gasteiger partial charge in [0.25, 0.3) is 0 Å². The van der Waals surface area contributed by atoms with Crippen molar-refractivity contribution in [3.05, 3.63) is 23.8 Å². The molecule has 0 saturated carbocycles. The molecule has 0 radical (unpaired) electrons.